The Morgan fingerprint density at radius 2 is 2.17 bits per heavy atom. The van der Waals surface area contributed by atoms with Crippen molar-refractivity contribution in [3.8, 4) is 11.3 Å². The minimum atomic E-state index is -0.306. The molecule has 0 saturated heterocycles. The number of rotatable bonds is 5. The van der Waals surface area contributed by atoms with E-state index in [1.165, 1.54) is 11.3 Å². The summed E-state index contributed by atoms with van der Waals surface area (Å²) in [6.07, 6.45) is 2.62. The maximum absolute atomic E-state index is 11.6. The summed E-state index contributed by atoms with van der Waals surface area (Å²) in [7, 11) is 0. The second kappa shape index (κ2) is 6.93. The van der Waals surface area contributed by atoms with E-state index in [2.05, 4.69) is 4.98 Å². The second-order valence-electron chi connectivity index (χ2n) is 4.92. The molecule has 0 amide bonds. The van der Waals surface area contributed by atoms with E-state index in [-0.39, 0.29) is 12.4 Å². The number of hydrogen-bond acceptors (Lipinski definition) is 5. The topological polar surface area (TPSA) is 60.7 Å². The number of aldehydes is 1. The number of carbonyl (C=O) groups excluding carboxylic acids is 2. The Kier molecular flexibility index (Phi) is 4.89. The zero-order valence-corrected chi connectivity index (χ0v) is 14.9. The molecule has 3 rings (SSSR count). The predicted octanol–water partition coefficient (Wildman–Crippen LogP) is 4.29. The summed E-state index contributed by atoms with van der Waals surface area (Å²) in [6, 6.07) is 5.09. The van der Waals surface area contributed by atoms with Gasteiger partial charge < -0.3 is 4.74 Å². The van der Waals surface area contributed by atoms with Crippen LogP contribution in [0.25, 0.3) is 16.2 Å². The molecule has 124 valence electrons. The molecule has 0 aliphatic carbocycles. The number of nitrogens with zero attached hydrogens (tertiary/aromatic N) is 2. The number of aromatic nitrogens is 2. The van der Waals surface area contributed by atoms with Gasteiger partial charge in [0.1, 0.15) is 11.4 Å². The van der Waals surface area contributed by atoms with Crippen LogP contribution >= 0.6 is 34.5 Å². The van der Waals surface area contributed by atoms with Crippen LogP contribution in [-0.2, 0) is 16.0 Å². The van der Waals surface area contributed by atoms with Crippen molar-refractivity contribution in [1.29, 1.82) is 0 Å². The molecule has 0 saturated carbocycles. The highest BCUT2D eigenvalue weighted by molar-refractivity contribution is 7.17. The van der Waals surface area contributed by atoms with E-state index in [0.29, 0.717) is 38.6 Å². The van der Waals surface area contributed by atoms with Crippen molar-refractivity contribution >= 4 is 51.8 Å². The maximum Gasteiger partial charge on any atom is 0.311 e. The van der Waals surface area contributed by atoms with Gasteiger partial charge in [0.05, 0.1) is 23.1 Å². The number of hydrogen-bond donors (Lipinski definition) is 0. The van der Waals surface area contributed by atoms with Crippen molar-refractivity contribution in [2.24, 2.45) is 0 Å². The molecule has 0 radical (unpaired) electrons. The highest BCUT2D eigenvalue weighted by atomic mass is 35.5. The Balaban J connectivity index is 2.01. The average Bonchev–Trinajstić information content (AvgIpc) is 3.06. The van der Waals surface area contributed by atoms with Gasteiger partial charge in [0.15, 0.2) is 11.2 Å². The lowest BCUT2D eigenvalue weighted by Gasteiger charge is -2.01. The van der Waals surface area contributed by atoms with Gasteiger partial charge in [-0.25, -0.2) is 4.98 Å². The third kappa shape index (κ3) is 3.17. The van der Waals surface area contributed by atoms with Gasteiger partial charge in [0, 0.05) is 16.6 Å². The van der Waals surface area contributed by atoms with Gasteiger partial charge in [-0.15, -0.1) is 11.3 Å². The second-order valence-corrected chi connectivity index (χ2v) is 6.83. The minimum Gasteiger partial charge on any atom is -0.466 e. The highest BCUT2D eigenvalue weighted by Gasteiger charge is 2.18. The summed E-state index contributed by atoms with van der Waals surface area (Å²) in [4.78, 5) is 29.0. The monoisotopic (exact) mass is 382 g/mol. The number of halogens is 2. The van der Waals surface area contributed by atoms with Crippen LogP contribution < -0.4 is 0 Å². The van der Waals surface area contributed by atoms with Crippen molar-refractivity contribution in [2.75, 3.05) is 6.61 Å². The molecule has 2 heterocycles. The summed E-state index contributed by atoms with van der Waals surface area (Å²) >= 11 is 13.3. The van der Waals surface area contributed by atoms with Crippen LogP contribution in [0.5, 0.6) is 0 Å². The number of esters is 1. The first-order valence-corrected chi connectivity index (χ1v) is 8.67. The van der Waals surface area contributed by atoms with E-state index in [4.69, 9.17) is 27.9 Å². The summed E-state index contributed by atoms with van der Waals surface area (Å²) in [5.41, 5.74) is 1.63. The van der Waals surface area contributed by atoms with E-state index < -0.39 is 0 Å². The van der Waals surface area contributed by atoms with E-state index in [1.807, 2.05) is 0 Å². The van der Waals surface area contributed by atoms with Crippen LogP contribution in [0.3, 0.4) is 0 Å². The SMILES string of the molecule is CCOC(=O)Cc1cn2c(C=O)c(-c3ccc(Cl)c(Cl)c3)nc2s1. The predicted molar refractivity (Wildman–Crippen MR) is 94.2 cm³/mol. The molecular weight excluding hydrogens is 371 g/mol. The third-order valence-corrected chi connectivity index (χ3v) is 5.06. The lowest BCUT2D eigenvalue weighted by molar-refractivity contribution is -0.142. The molecule has 0 atom stereocenters. The van der Waals surface area contributed by atoms with Crippen LogP contribution in [0.4, 0.5) is 0 Å². The van der Waals surface area contributed by atoms with Crippen LogP contribution in [0, 0.1) is 0 Å². The Morgan fingerprint density at radius 1 is 1.38 bits per heavy atom. The molecule has 0 fully saturated rings. The molecule has 3 aromatic rings. The standard InChI is InChI=1S/C16H12Cl2N2O3S/c1-2-23-14(22)6-10-7-20-13(8-21)15(19-16(20)24-10)9-3-4-11(17)12(18)5-9/h3-5,7-8H,2,6H2,1H3. The van der Waals surface area contributed by atoms with Gasteiger partial charge in [0.25, 0.3) is 0 Å². The van der Waals surface area contributed by atoms with E-state index in [1.54, 1.807) is 35.7 Å². The van der Waals surface area contributed by atoms with Gasteiger partial charge in [-0.1, -0.05) is 29.3 Å². The van der Waals surface area contributed by atoms with E-state index in [9.17, 15) is 9.59 Å². The largest absolute Gasteiger partial charge is 0.466 e. The Hall–Kier alpha value is -1.89. The normalized spacial score (nSPS) is 11.0. The zero-order chi connectivity index (χ0) is 17.3. The molecule has 0 aliphatic heterocycles. The third-order valence-electron chi connectivity index (χ3n) is 3.34. The fraction of sp³-hybridized carbons (Fsp3) is 0.188. The minimum absolute atomic E-state index is 0.155. The maximum atomic E-state index is 11.6. The van der Waals surface area contributed by atoms with E-state index >= 15 is 0 Å². The lowest BCUT2D eigenvalue weighted by atomic mass is 10.1. The lowest BCUT2D eigenvalue weighted by Crippen LogP contribution is -2.06. The van der Waals surface area contributed by atoms with Gasteiger partial charge >= 0.3 is 5.97 Å². The van der Waals surface area contributed by atoms with Crippen molar-refractivity contribution in [3.05, 3.63) is 45.0 Å². The summed E-state index contributed by atoms with van der Waals surface area (Å²) in [6.45, 7) is 2.09. The molecule has 1 aromatic carbocycles. The van der Waals surface area contributed by atoms with Crippen LogP contribution in [0.15, 0.2) is 24.4 Å². The molecule has 5 nitrogen and oxygen atoms in total. The molecule has 0 N–H and O–H groups in total. The molecule has 0 spiro atoms. The van der Waals surface area contributed by atoms with Crippen LogP contribution in [0.2, 0.25) is 10.0 Å². The van der Waals surface area contributed by atoms with Crippen molar-refractivity contribution in [1.82, 2.24) is 9.38 Å². The van der Waals surface area contributed by atoms with Crippen LogP contribution in [0.1, 0.15) is 22.3 Å². The van der Waals surface area contributed by atoms with Gasteiger partial charge in [0.2, 0.25) is 0 Å². The molecule has 8 heteroatoms. The number of carbonyl (C=O) groups is 2. The Bertz CT molecular complexity index is 933. The smallest absolute Gasteiger partial charge is 0.311 e. The molecule has 24 heavy (non-hydrogen) atoms. The number of ether oxygens (including phenoxy) is 1. The fourth-order valence-corrected chi connectivity index (χ4v) is 3.58. The highest BCUT2D eigenvalue weighted by Crippen LogP contribution is 2.32. The van der Waals surface area contributed by atoms with Crippen molar-refractivity contribution in [3.63, 3.8) is 0 Å². The fourth-order valence-electron chi connectivity index (χ4n) is 2.31. The molecule has 0 unspecified atom stereocenters. The van der Waals surface area contributed by atoms with Gasteiger partial charge in [-0.2, -0.15) is 0 Å². The Morgan fingerprint density at radius 3 is 2.83 bits per heavy atom. The quantitative estimate of drug-likeness (QED) is 0.487. The first-order valence-electron chi connectivity index (χ1n) is 7.10. The van der Waals surface area contributed by atoms with Gasteiger partial charge in [-0.05, 0) is 19.1 Å². The molecule has 2 aromatic heterocycles. The first kappa shape index (κ1) is 17.0. The molecular formula is C16H12Cl2N2O3S. The van der Waals surface area contributed by atoms with E-state index in [0.717, 1.165) is 11.2 Å². The first-order chi connectivity index (χ1) is 11.5. The summed E-state index contributed by atoms with van der Waals surface area (Å²) in [5.74, 6) is -0.306. The number of benzene rings is 1. The Labute approximate surface area is 151 Å². The summed E-state index contributed by atoms with van der Waals surface area (Å²) in [5, 5.41) is 0.830. The number of imidazole rings is 1. The number of fused-ring (bicyclic) bond motifs is 1. The van der Waals surface area contributed by atoms with Gasteiger partial charge in [-0.3, -0.25) is 14.0 Å². The van der Waals surface area contributed by atoms with Crippen LogP contribution in [-0.4, -0.2) is 28.2 Å². The van der Waals surface area contributed by atoms with Crippen molar-refractivity contribution < 1.29 is 14.3 Å². The molecule has 0 aliphatic rings. The molecule has 0 bridgehead atoms. The zero-order valence-electron chi connectivity index (χ0n) is 12.6. The number of thiazole rings is 1. The average molecular weight is 383 g/mol. The van der Waals surface area contributed by atoms with Crippen molar-refractivity contribution in [2.45, 2.75) is 13.3 Å². The summed E-state index contributed by atoms with van der Waals surface area (Å²) < 4.78 is 6.60.